The Labute approximate surface area is 212 Å². The van der Waals surface area contributed by atoms with Gasteiger partial charge in [-0.3, -0.25) is 4.79 Å². The second-order valence-corrected chi connectivity index (χ2v) is 11.5. The van der Waals surface area contributed by atoms with Gasteiger partial charge in [-0.05, 0) is 43.0 Å². The van der Waals surface area contributed by atoms with Crippen molar-refractivity contribution in [3.05, 3.63) is 41.7 Å². The lowest BCUT2D eigenvalue weighted by Gasteiger charge is -2.33. The molecule has 11 heteroatoms. The molecule has 0 bridgehead atoms. The van der Waals surface area contributed by atoms with Crippen molar-refractivity contribution in [3.63, 3.8) is 0 Å². The van der Waals surface area contributed by atoms with Gasteiger partial charge in [0.15, 0.2) is 5.65 Å². The first-order chi connectivity index (χ1) is 17.0. The second kappa shape index (κ2) is 10.1. The van der Waals surface area contributed by atoms with Crippen molar-refractivity contribution in [1.82, 2.24) is 19.5 Å². The first kappa shape index (κ1) is 25.9. The molecule has 0 unspecified atom stereocenters. The smallest absolute Gasteiger partial charge is 0.283 e. The van der Waals surface area contributed by atoms with Crippen LogP contribution in [0.15, 0.2) is 30.3 Å². The summed E-state index contributed by atoms with van der Waals surface area (Å²) in [6.45, 7) is 5.63. The summed E-state index contributed by atoms with van der Waals surface area (Å²) in [6.07, 6.45) is 2.84. The van der Waals surface area contributed by atoms with Gasteiger partial charge in [-0.25, -0.2) is 22.8 Å². The lowest BCUT2D eigenvalue weighted by atomic mass is 10.0. The molecule has 1 saturated heterocycles. The normalized spacial score (nSPS) is 15.0. The zero-order valence-electron chi connectivity index (χ0n) is 21.6. The van der Waals surface area contributed by atoms with E-state index in [1.54, 1.807) is 17.9 Å². The summed E-state index contributed by atoms with van der Waals surface area (Å²) < 4.78 is 33.0. The van der Waals surface area contributed by atoms with E-state index >= 15 is 0 Å². The first-order valence-electron chi connectivity index (χ1n) is 12.0. The van der Waals surface area contributed by atoms with Crippen LogP contribution in [0.4, 0.5) is 11.4 Å². The van der Waals surface area contributed by atoms with E-state index in [1.165, 1.54) is 0 Å². The standard InChI is InChI=1S/C25H34N6O4S/c1-16(2)23-22-21(30-12-10-19(35-5)11-13-30)15-20(25(32)28-36(6,33)34)26-24(22)31(27-23)18-9-7-8-17(14-18)29(3)4/h7-9,14-16,19H,10-13H2,1-6H3,(H,28,32). The van der Waals surface area contributed by atoms with Crippen LogP contribution >= 0.6 is 0 Å². The van der Waals surface area contributed by atoms with Crippen LogP contribution in [-0.4, -0.2) is 75.7 Å². The van der Waals surface area contributed by atoms with Crippen molar-refractivity contribution < 1.29 is 17.9 Å². The van der Waals surface area contributed by atoms with Gasteiger partial charge < -0.3 is 14.5 Å². The maximum Gasteiger partial charge on any atom is 0.283 e. The molecule has 1 N–H and O–H groups in total. The number of nitrogens with one attached hydrogen (secondary N) is 1. The van der Waals surface area contributed by atoms with E-state index in [0.29, 0.717) is 5.65 Å². The Morgan fingerprint density at radius 3 is 2.47 bits per heavy atom. The molecule has 36 heavy (non-hydrogen) atoms. The molecule has 4 rings (SSSR count). The molecule has 1 amide bonds. The number of benzene rings is 1. The molecule has 0 saturated carbocycles. The number of methoxy groups -OCH3 is 1. The lowest BCUT2D eigenvalue weighted by Crippen LogP contribution is -2.37. The Morgan fingerprint density at radius 1 is 1.19 bits per heavy atom. The average molecular weight is 515 g/mol. The average Bonchev–Trinajstić information content (AvgIpc) is 3.22. The van der Waals surface area contributed by atoms with Gasteiger partial charge in [0.05, 0.1) is 34.8 Å². The van der Waals surface area contributed by atoms with Crippen LogP contribution in [0, 0.1) is 0 Å². The van der Waals surface area contributed by atoms with Gasteiger partial charge >= 0.3 is 0 Å². The van der Waals surface area contributed by atoms with Gasteiger partial charge in [0.25, 0.3) is 5.91 Å². The summed E-state index contributed by atoms with van der Waals surface area (Å²) in [5, 5.41) is 5.82. The van der Waals surface area contributed by atoms with E-state index in [0.717, 1.165) is 60.3 Å². The number of hydrogen-bond acceptors (Lipinski definition) is 8. The summed E-state index contributed by atoms with van der Waals surface area (Å²) in [5.74, 6) is -0.674. The van der Waals surface area contributed by atoms with E-state index < -0.39 is 15.9 Å². The van der Waals surface area contributed by atoms with Crippen molar-refractivity contribution in [3.8, 4) is 5.69 Å². The lowest BCUT2D eigenvalue weighted by molar-refractivity contribution is 0.0819. The van der Waals surface area contributed by atoms with Crippen molar-refractivity contribution >= 4 is 38.3 Å². The minimum Gasteiger partial charge on any atom is -0.381 e. The van der Waals surface area contributed by atoms with Crippen molar-refractivity contribution in [2.45, 2.75) is 38.7 Å². The number of anilines is 2. The highest BCUT2D eigenvalue weighted by Gasteiger charge is 2.28. The van der Waals surface area contributed by atoms with Gasteiger partial charge in [0.1, 0.15) is 5.69 Å². The zero-order valence-corrected chi connectivity index (χ0v) is 22.5. The second-order valence-electron chi connectivity index (χ2n) is 9.72. The van der Waals surface area contributed by atoms with Crippen LogP contribution in [0.3, 0.4) is 0 Å². The number of nitrogens with zero attached hydrogens (tertiary/aromatic N) is 5. The number of ether oxygens (including phenoxy) is 1. The fourth-order valence-corrected chi connectivity index (χ4v) is 4.97. The molecule has 3 heterocycles. The van der Waals surface area contributed by atoms with Crippen molar-refractivity contribution in [2.75, 3.05) is 50.4 Å². The molecule has 1 fully saturated rings. The van der Waals surface area contributed by atoms with Crippen LogP contribution in [-0.2, 0) is 14.8 Å². The summed E-state index contributed by atoms with van der Waals surface area (Å²) in [4.78, 5) is 21.8. The Balaban J connectivity index is 1.97. The van der Waals surface area contributed by atoms with E-state index in [1.807, 2.05) is 43.3 Å². The molecule has 1 aliphatic heterocycles. The molecule has 1 aromatic carbocycles. The molecule has 10 nitrogen and oxygen atoms in total. The number of hydrogen-bond donors (Lipinski definition) is 1. The summed E-state index contributed by atoms with van der Waals surface area (Å²) in [5.41, 5.74) is 4.03. The van der Waals surface area contributed by atoms with Gasteiger partial charge in [0.2, 0.25) is 10.0 Å². The molecule has 0 radical (unpaired) electrons. The Hall–Kier alpha value is -3.18. The molecule has 2 aromatic heterocycles. The number of piperidine rings is 1. The number of fused-ring (bicyclic) bond motifs is 1. The van der Waals surface area contributed by atoms with Gasteiger partial charge in [-0.15, -0.1) is 0 Å². The van der Waals surface area contributed by atoms with E-state index in [2.05, 4.69) is 28.5 Å². The number of rotatable bonds is 7. The van der Waals surface area contributed by atoms with Crippen molar-refractivity contribution in [1.29, 1.82) is 0 Å². The number of carbonyl (C=O) groups is 1. The Bertz CT molecular complexity index is 1370. The van der Waals surface area contributed by atoms with Gasteiger partial charge in [0, 0.05) is 40.0 Å². The zero-order chi connectivity index (χ0) is 26.2. The highest BCUT2D eigenvalue weighted by atomic mass is 32.2. The summed E-state index contributed by atoms with van der Waals surface area (Å²) >= 11 is 0. The molecule has 1 aliphatic rings. The topological polar surface area (TPSA) is 110 Å². The molecular weight excluding hydrogens is 480 g/mol. The summed E-state index contributed by atoms with van der Waals surface area (Å²) in [7, 11) is 1.90. The van der Waals surface area contributed by atoms with Gasteiger partial charge in [-0.1, -0.05) is 19.9 Å². The highest BCUT2D eigenvalue weighted by Crippen LogP contribution is 2.36. The molecular formula is C25H34N6O4S. The van der Waals surface area contributed by atoms with Crippen LogP contribution in [0.25, 0.3) is 16.7 Å². The molecule has 3 aromatic rings. The predicted octanol–water partition coefficient (Wildman–Crippen LogP) is 2.91. The fourth-order valence-electron chi connectivity index (χ4n) is 4.53. The molecule has 0 atom stereocenters. The third-order valence-corrected chi connectivity index (χ3v) is 6.96. The number of sulfonamides is 1. The third-order valence-electron chi connectivity index (χ3n) is 6.41. The maximum absolute atomic E-state index is 12.9. The van der Waals surface area contributed by atoms with E-state index in [9.17, 15) is 13.2 Å². The minimum absolute atomic E-state index is 0.0250. The molecule has 0 aliphatic carbocycles. The predicted molar refractivity (Wildman–Crippen MR) is 142 cm³/mol. The van der Waals surface area contributed by atoms with Gasteiger partial charge in [-0.2, -0.15) is 5.10 Å². The Morgan fingerprint density at radius 2 is 1.89 bits per heavy atom. The number of carbonyl (C=O) groups excluding carboxylic acids is 1. The third kappa shape index (κ3) is 5.31. The quantitative estimate of drug-likeness (QED) is 0.513. The highest BCUT2D eigenvalue weighted by molar-refractivity contribution is 7.89. The van der Waals surface area contributed by atoms with Crippen LogP contribution in [0.5, 0.6) is 0 Å². The summed E-state index contributed by atoms with van der Waals surface area (Å²) in [6, 6.07) is 9.58. The monoisotopic (exact) mass is 514 g/mol. The van der Waals surface area contributed by atoms with E-state index in [4.69, 9.17) is 9.84 Å². The number of amides is 1. The fraction of sp³-hybridized carbons (Fsp3) is 0.480. The van der Waals surface area contributed by atoms with Crippen LogP contribution in [0.2, 0.25) is 0 Å². The van der Waals surface area contributed by atoms with Crippen LogP contribution < -0.4 is 14.5 Å². The Kier molecular flexibility index (Phi) is 7.24. The van der Waals surface area contributed by atoms with Crippen LogP contribution in [0.1, 0.15) is 48.8 Å². The maximum atomic E-state index is 12.9. The molecule has 194 valence electrons. The first-order valence-corrected chi connectivity index (χ1v) is 13.9. The molecule has 0 spiro atoms. The van der Waals surface area contributed by atoms with Crippen molar-refractivity contribution in [2.24, 2.45) is 0 Å². The minimum atomic E-state index is -3.76. The number of aromatic nitrogens is 3. The largest absolute Gasteiger partial charge is 0.381 e. The van der Waals surface area contributed by atoms with E-state index in [-0.39, 0.29) is 17.7 Å². The SMILES string of the molecule is COC1CCN(c2cc(C(=O)NS(C)(=O)=O)nc3c2c(C(C)C)nn3-c2cccc(N(C)C)c2)CC1. The number of pyridine rings is 1.